The van der Waals surface area contributed by atoms with E-state index in [1.807, 2.05) is 12.1 Å². The van der Waals surface area contributed by atoms with Crippen LogP contribution in [0.15, 0.2) is 48.0 Å². The molecule has 0 radical (unpaired) electrons. The second kappa shape index (κ2) is 12.8. The van der Waals surface area contributed by atoms with Crippen LogP contribution in [0.25, 0.3) is 6.08 Å². The van der Waals surface area contributed by atoms with E-state index in [-0.39, 0.29) is 11.7 Å². The average molecular weight is 487 g/mol. The van der Waals surface area contributed by atoms with Crippen LogP contribution in [0.4, 0.5) is 5.82 Å². The summed E-state index contributed by atoms with van der Waals surface area (Å²) in [6.07, 6.45) is 4.77. The van der Waals surface area contributed by atoms with Crippen LogP contribution in [0, 0.1) is 0 Å². The molecule has 1 atom stereocenters. The second-order valence-electron chi connectivity index (χ2n) is 7.34. The molecule has 1 fully saturated rings. The molecular formula is C24H30N4O5S. The van der Waals surface area contributed by atoms with Crippen LogP contribution in [-0.2, 0) is 21.3 Å². The maximum atomic E-state index is 12.7. The van der Waals surface area contributed by atoms with E-state index >= 15 is 0 Å². The number of methoxy groups -OCH3 is 3. The summed E-state index contributed by atoms with van der Waals surface area (Å²) in [5.41, 5.74) is 1.41. The molecule has 2 aromatic rings. The van der Waals surface area contributed by atoms with E-state index in [1.165, 1.54) is 6.08 Å². The monoisotopic (exact) mass is 486 g/mol. The van der Waals surface area contributed by atoms with Crippen LogP contribution < -0.4 is 24.8 Å². The highest BCUT2D eigenvalue weighted by Gasteiger charge is 2.13. The summed E-state index contributed by atoms with van der Waals surface area (Å²) in [5, 5.41) is 7.83. The number of rotatable bonds is 10. The van der Waals surface area contributed by atoms with Gasteiger partial charge in [0.1, 0.15) is 11.5 Å². The summed E-state index contributed by atoms with van der Waals surface area (Å²) >= 11 is 0. The highest BCUT2D eigenvalue weighted by atomic mass is 32.2. The van der Waals surface area contributed by atoms with Crippen LogP contribution in [0.5, 0.6) is 17.2 Å². The number of benzene rings is 1. The average Bonchev–Trinajstić information content (AvgIpc) is 2.88. The highest BCUT2D eigenvalue weighted by Crippen LogP contribution is 2.26. The molecule has 34 heavy (non-hydrogen) atoms. The van der Waals surface area contributed by atoms with E-state index in [4.69, 9.17) is 14.2 Å². The summed E-state index contributed by atoms with van der Waals surface area (Å²) in [6, 6.07) is 8.94. The first kappa shape index (κ1) is 25.3. The topological polar surface area (TPSA) is 102 Å². The molecule has 1 unspecified atom stereocenters. The normalized spacial score (nSPS) is 14.9. The molecule has 0 aliphatic carbocycles. The molecule has 0 spiro atoms. The largest absolute Gasteiger partial charge is 0.497 e. The van der Waals surface area contributed by atoms with Crippen molar-refractivity contribution in [2.75, 3.05) is 52.8 Å². The molecule has 1 saturated heterocycles. The predicted octanol–water partition coefficient (Wildman–Crippen LogP) is 2.38. The van der Waals surface area contributed by atoms with Gasteiger partial charge in [0.2, 0.25) is 5.91 Å². The number of anilines is 1. The Balaban J connectivity index is 1.64. The van der Waals surface area contributed by atoms with Crippen molar-refractivity contribution in [3.63, 3.8) is 0 Å². The number of carbonyl (C=O) groups excluding carboxylic acids is 1. The van der Waals surface area contributed by atoms with E-state index in [1.54, 1.807) is 62.1 Å². The number of aromatic nitrogens is 1. The fourth-order valence-electron chi connectivity index (χ4n) is 3.32. The summed E-state index contributed by atoms with van der Waals surface area (Å²) in [4.78, 5) is 18.6. The molecule has 1 aliphatic rings. The van der Waals surface area contributed by atoms with Gasteiger partial charge in [-0.05, 0) is 30.3 Å². The zero-order valence-corrected chi connectivity index (χ0v) is 20.4. The molecule has 1 aliphatic heterocycles. The number of nitrogens with one attached hydrogen (secondary N) is 2. The number of amides is 1. The molecule has 10 heteroatoms. The van der Waals surface area contributed by atoms with Gasteiger partial charge in [-0.25, -0.2) is 4.98 Å². The van der Waals surface area contributed by atoms with Crippen LogP contribution in [0.2, 0.25) is 0 Å². The van der Waals surface area contributed by atoms with Gasteiger partial charge < -0.3 is 29.7 Å². The minimum Gasteiger partial charge on any atom is -0.497 e. The van der Waals surface area contributed by atoms with Crippen molar-refractivity contribution in [1.29, 1.82) is 0 Å². The Hall–Kier alpha value is -3.37. The number of ether oxygens (including phenoxy) is 3. The maximum absolute atomic E-state index is 12.7. The van der Waals surface area contributed by atoms with E-state index in [2.05, 4.69) is 15.6 Å². The maximum Gasteiger partial charge on any atom is 0.248 e. The van der Waals surface area contributed by atoms with Crippen molar-refractivity contribution in [3.05, 3.63) is 59.3 Å². The molecule has 2 heterocycles. The summed E-state index contributed by atoms with van der Waals surface area (Å²) < 4.78 is 28.6. The Kier molecular flexibility index (Phi) is 9.48. The first-order valence-corrected chi connectivity index (χ1v) is 12.2. The van der Waals surface area contributed by atoms with Gasteiger partial charge in [0, 0.05) is 55.5 Å². The number of carbonyl (C=O) groups is 1. The Labute approximate surface area is 202 Å². The quantitative estimate of drug-likeness (QED) is 0.494. The van der Waals surface area contributed by atoms with Gasteiger partial charge in [-0.1, -0.05) is 0 Å². The molecule has 3 rings (SSSR count). The van der Waals surface area contributed by atoms with Gasteiger partial charge in [0.15, 0.2) is 11.6 Å². The zero-order chi connectivity index (χ0) is 24.3. The smallest absolute Gasteiger partial charge is 0.248 e. The van der Waals surface area contributed by atoms with Crippen molar-refractivity contribution < 1.29 is 23.2 Å². The van der Waals surface area contributed by atoms with Gasteiger partial charge in [-0.3, -0.25) is 9.00 Å². The third-order valence-electron chi connectivity index (χ3n) is 5.14. The number of nitrogens with zero attached hydrogens (tertiary/aromatic N) is 2. The molecular weight excluding hydrogens is 456 g/mol. The van der Waals surface area contributed by atoms with Crippen molar-refractivity contribution >= 4 is 28.6 Å². The molecule has 1 amide bonds. The van der Waals surface area contributed by atoms with E-state index in [9.17, 15) is 9.00 Å². The van der Waals surface area contributed by atoms with Gasteiger partial charge in [0.05, 0.1) is 43.6 Å². The molecule has 1 aromatic heterocycles. The first-order chi connectivity index (χ1) is 16.5. The van der Waals surface area contributed by atoms with Crippen molar-refractivity contribution in [2.45, 2.75) is 5.75 Å². The van der Waals surface area contributed by atoms with Crippen LogP contribution in [0.3, 0.4) is 0 Å². The minimum atomic E-state index is -1.31. The Morgan fingerprint density at radius 1 is 1.12 bits per heavy atom. The van der Waals surface area contributed by atoms with E-state index < -0.39 is 10.8 Å². The standard InChI is InChI=1S/C24H30N4O5S/c1-31-20-6-4-18(22(16-20)33-3)9-15-34(30)17-19-5-7-21(32-2)24(27-19)26-10-8-23(29)28-13-11-25-12-14-28/h4-10,15-16,25H,11-14,17H2,1-3H3,(H,26,27)/b10-8-,15-9+. The molecule has 182 valence electrons. The molecule has 1 aromatic carbocycles. The lowest BCUT2D eigenvalue weighted by atomic mass is 10.2. The molecule has 0 bridgehead atoms. The highest BCUT2D eigenvalue weighted by molar-refractivity contribution is 7.87. The van der Waals surface area contributed by atoms with Gasteiger partial charge in [0.25, 0.3) is 0 Å². The summed E-state index contributed by atoms with van der Waals surface area (Å²) in [5.74, 6) is 2.43. The predicted molar refractivity (Wildman–Crippen MR) is 133 cm³/mol. The van der Waals surface area contributed by atoms with Gasteiger partial charge in [-0.2, -0.15) is 0 Å². The number of hydrogen-bond donors (Lipinski definition) is 2. The lowest BCUT2D eigenvalue weighted by Gasteiger charge is -2.26. The third-order valence-corrected chi connectivity index (χ3v) is 6.16. The fourth-order valence-corrected chi connectivity index (χ4v) is 4.16. The number of pyridine rings is 1. The second-order valence-corrected chi connectivity index (χ2v) is 8.66. The summed E-state index contributed by atoms with van der Waals surface area (Å²) in [7, 11) is 3.40. The van der Waals surface area contributed by atoms with Crippen LogP contribution in [-0.4, -0.2) is 67.5 Å². The summed E-state index contributed by atoms with van der Waals surface area (Å²) in [6.45, 7) is 2.95. The zero-order valence-electron chi connectivity index (χ0n) is 19.6. The van der Waals surface area contributed by atoms with E-state index in [0.717, 1.165) is 18.7 Å². The Morgan fingerprint density at radius 3 is 2.59 bits per heavy atom. The molecule has 0 saturated carbocycles. The van der Waals surface area contributed by atoms with Crippen LogP contribution in [0.1, 0.15) is 11.3 Å². The molecule has 9 nitrogen and oxygen atoms in total. The third kappa shape index (κ3) is 7.06. The fraction of sp³-hybridized carbons (Fsp3) is 0.333. The lowest BCUT2D eigenvalue weighted by molar-refractivity contribution is -0.126. The van der Waals surface area contributed by atoms with Gasteiger partial charge in [-0.15, -0.1) is 0 Å². The Morgan fingerprint density at radius 2 is 1.88 bits per heavy atom. The van der Waals surface area contributed by atoms with Crippen molar-refractivity contribution in [2.24, 2.45) is 0 Å². The van der Waals surface area contributed by atoms with Gasteiger partial charge >= 0.3 is 0 Å². The van der Waals surface area contributed by atoms with Crippen LogP contribution >= 0.6 is 0 Å². The Bertz CT molecular complexity index is 1070. The minimum absolute atomic E-state index is 0.0654. The lowest BCUT2D eigenvalue weighted by Crippen LogP contribution is -2.45. The van der Waals surface area contributed by atoms with E-state index in [0.29, 0.717) is 41.8 Å². The number of piperazine rings is 1. The SMILES string of the molecule is COc1ccc(/C=C/S(=O)Cc2ccc(OC)c(N/C=C\C(=O)N3CCNCC3)n2)c(OC)c1. The van der Waals surface area contributed by atoms with Crippen molar-refractivity contribution in [3.8, 4) is 17.2 Å². The molecule has 2 N–H and O–H groups in total. The van der Waals surface area contributed by atoms with Crippen molar-refractivity contribution in [1.82, 2.24) is 15.2 Å². The first-order valence-electron chi connectivity index (χ1n) is 10.8. The number of hydrogen-bond acceptors (Lipinski definition) is 8.